The molecule has 1 aromatic heterocycles. The number of aromatic nitrogens is 1. The van der Waals surface area contributed by atoms with Gasteiger partial charge in [0.05, 0.1) is 5.69 Å². The first kappa shape index (κ1) is 13.5. The summed E-state index contributed by atoms with van der Waals surface area (Å²) >= 11 is 12.5. The maximum Gasteiger partial charge on any atom is 0.149 e. The normalized spacial score (nSPS) is 13.8. The smallest absolute Gasteiger partial charge is 0.149 e. The van der Waals surface area contributed by atoms with Gasteiger partial charge < -0.3 is 10.2 Å². The number of nitrogens with zero attached hydrogens (tertiary/aromatic N) is 2. The minimum atomic E-state index is 0.693. The lowest BCUT2D eigenvalue weighted by Gasteiger charge is -2.32. The molecule has 20 heavy (non-hydrogen) atoms. The summed E-state index contributed by atoms with van der Waals surface area (Å²) in [6.07, 6.45) is 1.87. The van der Waals surface area contributed by atoms with Crippen LogP contribution in [0.3, 0.4) is 0 Å². The molecular weight excluding hydrogens is 293 g/mol. The molecule has 0 atom stereocenters. The fraction of sp³-hybridized carbons (Fsp3) is 0.267. The first-order chi connectivity index (χ1) is 9.65. The number of nitrogens with one attached hydrogen (secondary N) is 1. The van der Waals surface area contributed by atoms with Crippen molar-refractivity contribution in [1.29, 1.82) is 0 Å². The molecule has 2 aromatic rings. The molecule has 0 saturated carbocycles. The number of aryl methyl sites for hydroxylation is 1. The van der Waals surface area contributed by atoms with Gasteiger partial charge >= 0.3 is 0 Å². The molecule has 3 nitrogen and oxygen atoms in total. The number of halogens is 2. The van der Waals surface area contributed by atoms with Gasteiger partial charge in [0.1, 0.15) is 5.82 Å². The molecule has 0 fully saturated rings. The van der Waals surface area contributed by atoms with E-state index in [4.69, 9.17) is 23.2 Å². The zero-order valence-electron chi connectivity index (χ0n) is 11.2. The molecule has 0 unspecified atom stereocenters. The average molecular weight is 308 g/mol. The van der Waals surface area contributed by atoms with Crippen molar-refractivity contribution in [3.05, 3.63) is 51.6 Å². The maximum absolute atomic E-state index is 6.26. The zero-order chi connectivity index (χ0) is 14.1. The van der Waals surface area contributed by atoms with E-state index in [1.54, 1.807) is 0 Å². The summed E-state index contributed by atoms with van der Waals surface area (Å²) in [4.78, 5) is 6.70. The Balaban J connectivity index is 1.95. The highest BCUT2D eigenvalue weighted by molar-refractivity contribution is 6.36. The van der Waals surface area contributed by atoms with Crippen LogP contribution in [0.2, 0.25) is 10.0 Å². The SMILES string of the molecule is Cc1cnc2c(c1)N(Cc1c(Cl)cccc1Cl)CCN2. The second-order valence-corrected chi connectivity index (χ2v) is 5.74. The molecule has 0 spiro atoms. The molecule has 0 bridgehead atoms. The molecule has 0 aliphatic carbocycles. The van der Waals surface area contributed by atoms with Crippen LogP contribution in [0.1, 0.15) is 11.1 Å². The number of anilines is 2. The minimum absolute atomic E-state index is 0.693. The van der Waals surface area contributed by atoms with Gasteiger partial charge in [0.2, 0.25) is 0 Å². The number of hydrogen-bond donors (Lipinski definition) is 1. The van der Waals surface area contributed by atoms with Crippen LogP contribution in [0.15, 0.2) is 30.5 Å². The molecule has 0 amide bonds. The van der Waals surface area contributed by atoms with Crippen molar-refractivity contribution >= 4 is 34.7 Å². The van der Waals surface area contributed by atoms with Crippen LogP contribution < -0.4 is 10.2 Å². The molecule has 5 heteroatoms. The Kier molecular flexibility index (Phi) is 3.72. The molecule has 1 N–H and O–H groups in total. The molecular formula is C15H15Cl2N3. The van der Waals surface area contributed by atoms with Crippen molar-refractivity contribution in [2.45, 2.75) is 13.5 Å². The van der Waals surface area contributed by atoms with Gasteiger partial charge in [-0.3, -0.25) is 0 Å². The zero-order valence-corrected chi connectivity index (χ0v) is 12.7. The van der Waals surface area contributed by atoms with Gasteiger partial charge in [-0.15, -0.1) is 0 Å². The molecule has 0 radical (unpaired) electrons. The summed E-state index contributed by atoms with van der Waals surface area (Å²) < 4.78 is 0. The van der Waals surface area contributed by atoms with E-state index in [1.165, 1.54) is 0 Å². The van der Waals surface area contributed by atoms with E-state index in [-0.39, 0.29) is 0 Å². The molecule has 1 aliphatic rings. The number of benzene rings is 1. The van der Waals surface area contributed by atoms with Crippen LogP contribution in [0.4, 0.5) is 11.5 Å². The van der Waals surface area contributed by atoms with Crippen molar-refractivity contribution in [2.75, 3.05) is 23.3 Å². The van der Waals surface area contributed by atoms with Gasteiger partial charge in [0, 0.05) is 41.4 Å². The first-order valence-corrected chi connectivity index (χ1v) is 7.29. The van der Waals surface area contributed by atoms with Crippen LogP contribution in [0.25, 0.3) is 0 Å². The van der Waals surface area contributed by atoms with Crippen molar-refractivity contribution in [3.63, 3.8) is 0 Å². The summed E-state index contributed by atoms with van der Waals surface area (Å²) in [7, 11) is 0. The van der Waals surface area contributed by atoms with Crippen molar-refractivity contribution < 1.29 is 0 Å². The molecule has 3 rings (SSSR count). The van der Waals surface area contributed by atoms with Crippen LogP contribution in [-0.2, 0) is 6.54 Å². The van der Waals surface area contributed by atoms with E-state index in [1.807, 2.05) is 31.3 Å². The third-order valence-electron chi connectivity index (χ3n) is 3.43. The number of fused-ring (bicyclic) bond motifs is 1. The Morgan fingerprint density at radius 2 is 2.05 bits per heavy atom. The summed E-state index contributed by atoms with van der Waals surface area (Å²) in [6.45, 7) is 4.51. The topological polar surface area (TPSA) is 28.2 Å². The predicted octanol–water partition coefficient (Wildman–Crippen LogP) is 4.13. The van der Waals surface area contributed by atoms with Gasteiger partial charge in [0.25, 0.3) is 0 Å². The van der Waals surface area contributed by atoms with E-state index in [0.29, 0.717) is 16.6 Å². The summed E-state index contributed by atoms with van der Waals surface area (Å²) in [6, 6.07) is 7.76. The van der Waals surface area contributed by atoms with Gasteiger partial charge in [-0.25, -0.2) is 4.98 Å². The number of pyridine rings is 1. The van der Waals surface area contributed by atoms with Crippen LogP contribution in [0, 0.1) is 6.92 Å². The third-order valence-corrected chi connectivity index (χ3v) is 4.14. The summed E-state index contributed by atoms with van der Waals surface area (Å²) in [5.41, 5.74) is 3.21. The van der Waals surface area contributed by atoms with Gasteiger partial charge in [-0.2, -0.15) is 0 Å². The first-order valence-electron chi connectivity index (χ1n) is 6.53. The molecule has 1 aromatic carbocycles. The Morgan fingerprint density at radius 3 is 2.80 bits per heavy atom. The van der Waals surface area contributed by atoms with Crippen LogP contribution in [0.5, 0.6) is 0 Å². The Bertz CT molecular complexity index is 623. The fourth-order valence-corrected chi connectivity index (χ4v) is 2.92. The summed E-state index contributed by atoms with van der Waals surface area (Å²) in [5.74, 6) is 0.921. The quantitative estimate of drug-likeness (QED) is 0.904. The highest BCUT2D eigenvalue weighted by atomic mass is 35.5. The van der Waals surface area contributed by atoms with Gasteiger partial charge in [0.15, 0.2) is 0 Å². The van der Waals surface area contributed by atoms with E-state index in [2.05, 4.69) is 21.3 Å². The monoisotopic (exact) mass is 307 g/mol. The summed E-state index contributed by atoms with van der Waals surface area (Å²) in [5, 5.41) is 4.73. The lowest BCUT2D eigenvalue weighted by Crippen LogP contribution is -2.34. The number of rotatable bonds is 2. The molecule has 2 heterocycles. The third kappa shape index (κ3) is 2.56. The Hall–Kier alpha value is -1.45. The van der Waals surface area contributed by atoms with Crippen molar-refractivity contribution in [3.8, 4) is 0 Å². The van der Waals surface area contributed by atoms with Crippen molar-refractivity contribution in [1.82, 2.24) is 4.98 Å². The maximum atomic E-state index is 6.26. The Labute approximate surface area is 128 Å². The lowest BCUT2D eigenvalue weighted by atomic mass is 10.1. The lowest BCUT2D eigenvalue weighted by molar-refractivity contribution is 0.780. The van der Waals surface area contributed by atoms with E-state index >= 15 is 0 Å². The molecule has 1 aliphatic heterocycles. The largest absolute Gasteiger partial charge is 0.367 e. The standard InChI is InChI=1S/C15H15Cl2N3/c1-10-7-14-15(19-8-10)18-5-6-20(14)9-11-12(16)3-2-4-13(11)17/h2-4,7-8H,5-6,9H2,1H3,(H,18,19). The van der Waals surface area contributed by atoms with E-state index < -0.39 is 0 Å². The fourth-order valence-electron chi connectivity index (χ4n) is 2.40. The van der Waals surface area contributed by atoms with E-state index in [0.717, 1.165) is 35.7 Å². The molecule has 0 saturated heterocycles. The second kappa shape index (κ2) is 5.51. The van der Waals surface area contributed by atoms with E-state index in [9.17, 15) is 0 Å². The van der Waals surface area contributed by atoms with Crippen molar-refractivity contribution in [2.24, 2.45) is 0 Å². The van der Waals surface area contributed by atoms with Gasteiger partial charge in [-0.1, -0.05) is 29.3 Å². The second-order valence-electron chi connectivity index (χ2n) is 4.93. The highest BCUT2D eigenvalue weighted by Crippen LogP contribution is 2.32. The highest BCUT2D eigenvalue weighted by Gasteiger charge is 2.19. The van der Waals surface area contributed by atoms with Gasteiger partial charge in [-0.05, 0) is 30.7 Å². The van der Waals surface area contributed by atoms with Crippen LogP contribution >= 0.6 is 23.2 Å². The van der Waals surface area contributed by atoms with Crippen LogP contribution in [-0.4, -0.2) is 18.1 Å². The number of hydrogen-bond acceptors (Lipinski definition) is 3. The average Bonchev–Trinajstić information content (AvgIpc) is 2.43. The minimum Gasteiger partial charge on any atom is -0.367 e. The molecule has 104 valence electrons. The Morgan fingerprint density at radius 1 is 1.30 bits per heavy atom. The predicted molar refractivity (Wildman–Crippen MR) is 85.0 cm³/mol.